The summed E-state index contributed by atoms with van der Waals surface area (Å²) in [6.07, 6.45) is 4.53. The number of Topliss-reactive ketones (excluding diaryl/α,β-unsaturated/α-hetero) is 1. The molecule has 0 radical (unpaired) electrons. The second kappa shape index (κ2) is 9.38. The Hall–Kier alpha value is -3.75. The summed E-state index contributed by atoms with van der Waals surface area (Å²) >= 11 is 0. The molecule has 3 heterocycles. The Morgan fingerprint density at radius 1 is 1.10 bits per heavy atom. The number of benzene rings is 1. The predicted molar refractivity (Wildman–Crippen MR) is 115 cm³/mol. The molecule has 0 spiro atoms. The zero-order valence-electron chi connectivity index (χ0n) is 17.6. The highest BCUT2D eigenvalue weighted by molar-refractivity contribution is 5.92. The van der Waals surface area contributed by atoms with Gasteiger partial charge in [0.1, 0.15) is 5.82 Å². The predicted octanol–water partition coefficient (Wildman–Crippen LogP) is 3.50. The van der Waals surface area contributed by atoms with Gasteiger partial charge in [0.05, 0.1) is 5.69 Å². The van der Waals surface area contributed by atoms with Crippen LogP contribution in [0, 0.1) is 0 Å². The third-order valence-corrected chi connectivity index (χ3v) is 4.89. The Kier molecular flexibility index (Phi) is 6.21. The van der Waals surface area contributed by atoms with Crippen LogP contribution in [0.25, 0.3) is 22.6 Å². The molecule has 0 aliphatic rings. The highest BCUT2D eigenvalue weighted by Gasteiger charge is 2.16. The second-order valence-corrected chi connectivity index (χ2v) is 7.26. The highest BCUT2D eigenvalue weighted by Crippen LogP contribution is 2.27. The van der Waals surface area contributed by atoms with E-state index in [1.54, 1.807) is 6.20 Å². The first-order valence-corrected chi connectivity index (χ1v) is 10.4. The van der Waals surface area contributed by atoms with Crippen molar-refractivity contribution in [3.05, 3.63) is 59.8 Å². The van der Waals surface area contributed by atoms with Crippen molar-refractivity contribution in [3.63, 3.8) is 0 Å². The van der Waals surface area contributed by atoms with Gasteiger partial charge in [0.15, 0.2) is 0 Å². The highest BCUT2D eigenvalue weighted by atomic mass is 16.1. The molecule has 9 nitrogen and oxygen atoms in total. The van der Waals surface area contributed by atoms with Gasteiger partial charge in [0.25, 0.3) is 0 Å². The minimum Gasteiger partial charge on any atom is -0.291 e. The molecule has 0 aliphatic carbocycles. The number of rotatable bonds is 9. The van der Waals surface area contributed by atoms with Crippen molar-refractivity contribution in [3.8, 4) is 22.6 Å². The van der Waals surface area contributed by atoms with Crippen molar-refractivity contribution >= 4 is 5.78 Å². The number of H-pyrrole nitrogens is 1. The summed E-state index contributed by atoms with van der Waals surface area (Å²) in [4.78, 5) is 21.3. The minimum absolute atomic E-state index is 0.00176. The fraction of sp³-hybridized carbons (Fsp3) is 0.318. The molecule has 3 aromatic heterocycles. The van der Waals surface area contributed by atoms with Crippen LogP contribution in [-0.2, 0) is 13.0 Å². The monoisotopic (exact) mass is 416 g/mol. The number of hydrogen-bond acceptors (Lipinski definition) is 7. The topological polar surface area (TPSA) is 115 Å². The smallest absolute Gasteiger partial charge is 0.217 e. The van der Waals surface area contributed by atoms with E-state index in [1.807, 2.05) is 48.0 Å². The lowest BCUT2D eigenvalue weighted by Gasteiger charge is -2.08. The lowest BCUT2D eigenvalue weighted by atomic mass is 10.0. The van der Waals surface area contributed by atoms with Crippen LogP contribution in [-0.4, -0.2) is 46.2 Å². The summed E-state index contributed by atoms with van der Waals surface area (Å²) in [5.74, 6) is 1.63. The zero-order chi connectivity index (χ0) is 21.6. The Morgan fingerprint density at radius 3 is 2.65 bits per heavy atom. The van der Waals surface area contributed by atoms with E-state index in [0.29, 0.717) is 24.5 Å². The van der Waals surface area contributed by atoms with Crippen molar-refractivity contribution in [1.82, 2.24) is 40.4 Å². The van der Waals surface area contributed by atoms with Gasteiger partial charge in [-0.3, -0.25) is 9.78 Å². The lowest BCUT2D eigenvalue weighted by molar-refractivity contribution is 0.0971. The van der Waals surface area contributed by atoms with E-state index in [0.717, 1.165) is 47.6 Å². The molecule has 4 rings (SSSR count). The molecule has 0 aliphatic heterocycles. The maximum atomic E-state index is 12.2. The molecule has 0 bridgehead atoms. The van der Waals surface area contributed by atoms with Crippen molar-refractivity contribution in [2.75, 3.05) is 0 Å². The SMILES string of the molecule is CCCC(=O)c1nc(Cc2ccc(-c3ncccc3-c3nn[nH]n3)cc2)n(CCC)n1. The number of pyridine rings is 1. The first-order valence-electron chi connectivity index (χ1n) is 10.4. The minimum atomic E-state index is -0.00176. The number of nitrogens with zero attached hydrogens (tertiary/aromatic N) is 7. The van der Waals surface area contributed by atoms with Crippen LogP contribution >= 0.6 is 0 Å². The largest absolute Gasteiger partial charge is 0.291 e. The normalized spacial score (nSPS) is 11.0. The fourth-order valence-corrected chi connectivity index (χ4v) is 3.41. The number of ketones is 1. The summed E-state index contributed by atoms with van der Waals surface area (Å²) in [6, 6.07) is 11.9. The van der Waals surface area contributed by atoms with Crippen molar-refractivity contribution in [2.24, 2.45) is 0 Å². The number of hydrogen-bond donors (Lipinski definition) is 1. The van der Waals surface area contributed by atoms with Gasteiger partial charge >= 0.3 is 0 Å². The van der Waals surface area contributed by atoms with Crippen molar-refractivity contribution in [2.45, 2.75) is 46.1 Å². The molecule has 0 saturated carbocycles. The van der Waals surface area contributed by atoms with Crippen molar-refractivity contribution < 1.29 is 4.79 Å². The molecule has 158 valence electrons. The average Bonchev–Trinajstić information content (AvgIpc) is 3.46. The van der Waals surface area contributed by atoms with Crippen LogP contribution in [0.2, 0.25) is 0 Å². The molecular weight excluding hydrogens is 392 g/mol. The molecule has 1 N–H and O–H groups in total. The van der Waals surface area contributed by atoms with E-state index in [9.17, 15) is 4.79 Å². The quantitative estimate of drug-likeness (QED) is 0.415. The molecule has 0 saturated heterocycles. The molecule has 9 heteroatoms. The summed E-state index contributed by atoms with van der Waals surface area (Å²) in [6.45, 7) is 4.80. The molecule has 0 amide bonds. The summed E-state index contributed by atoms with van der Waals surface area (Å²) in [7, 11) is 0. The number of aromatic amines is 1. The van der Waals surface area contributed by atoms with Crippen LogP contribution in [0.3, 0.4) is 0 Å². The fourth-order valence-electron chi connectivity index (χ4n) is 3.41. The lowest BCUT2D eigenvalue weighted by Crippen LogP contribution is -2.06. The van der Waals surface area contributed by atoms with Gasteiger partial charge in [-0.2, -0.15) is 5.21 Å². The van der Waals surface area contributed by atoms with Gasteiger partial charge in [-0.1, -0.05) is 38.1 Å². The Morgan fingerprint density at radius 2 is 1.94 bits per heavy atom. The number of tetrazole rings is 1. The Balaban J connectivity index is 1.58. The van der Waals surface area contributed by atoms with E-state index in [-0.39, 0.29) is 5.78 Å². The Labute approximate surface area is 180 Å². The second-order valence-electron chi connectivity index (χ2n) is 7.26. The van der Waals surface area contributed by atoms with Crippen LogP contribution in [0.5, 0.6) is 0 Å². The third kappa shape index (κ3) is 4.55. The third-order valence-electron chi connectivity index (χ3n) is 4.89. The van der Waals surface area contributed by atoms with Gasteiger partial charge in [0, 0.05) is 36.7 Å². The number of aromatic nitrogens is 8. The number of carbonyl (C=O) groups is 1. The van der Waals surface area contributed by atoms with E-state index < -0.39 is 0 Å². The Bertz CT molecular complexity index is 1150. The van der Waals surface area contributed by atoms with Crippen LogP contribution in [0.4, 0.5) is 0 Å². The van der Waals surface area contributed by atoms with Crippen LogP contribution in [0.1, 0.15) is 55.1 Å². The summed E-state index contributed by atoms with van der Waals surface area (Å²) < 4.78 is 1.85. The van der Waals surface area contributed by atoms with Gasteiger partial charge in [-0.15, -0.1) is 15.3 Å². The first-order chi connectivity index (χ1) is 15.2. The van der Waals surface area contributed by atoms with E-state index in [2.05, 4.69) is 42.6 Å². The zero-order valence-corrected chi connectivity index (χ0v) is 17.6. The average molecular weight is 416 g/mol. The van der Waals surface area contributed by atoms with Crippen LogP contribution < -0.4 is 0 Å². The van der Waals surface area contributed by atoms with E-state index >= 15 is 0 Å². The molecule has 1 aromatic carbocycles. The van der Waals surface area contributed by atoms with Crippen molar-refractivity contribution in [1.29, 1.82) is 0 Å². The standard InChI is InChI=1S/C22H24N8O/c1-3-6-18(31)22-24-19(30(27-22)13-4-2)14-15-8-10-16(11-9-15)20-17(7-5-12-23-20)21-25-28-29-26-21/h5,7-12H,3-4,6,13-14H2,1-2H3,(H,25,26,28,29). The summed E-state index contributed by atoms with van der Waals surface area (Å²) in [5, 5.41) is 18.7. The molecule has 31 heavy (non-hydrogen) atoms. The number of aryl methyl sites for hydroxylation is 1. The van der Waals surface area contributed by atoms with E-state index in [1.165, 1.54) is 0 Å². The molecular formula is C22H24N8O. The summed E-state index contributed by atoms with van der Waals surface area (Å²) in [5.41, 5.74) is 3.64. The molecule has 0 atom stereocenters. The van der Waals surface area contributed by atoms with Gasteiger partial charge in [-0.05, 0) is 35.8 Å². The van der Waals surface area contributed by atoms with E-state index in [4.69, 9.17) is 0 Å². The first kappa shape index (κ1) is 20.5. The molecule has 0 unspecified atom stereocenters. The van der Waals surface area contributed by atoms with Gasteiger partial charge in [-0.25, -0.2) is 9.67 Å². The molecule has 0 fully saturated rings. The number of nitrogens with one attached hydrogen (secondary N) is 1. The van der Waals surface area contributed by atoms with Gasteiger partial charge < -0.3 is 0 Å². The van der Waals surface area contributed by atoms with Crippen LogP contribution in [0.15, 0.2) is 42.6 Å². The maximum absolute atomic E-state index is 12.2. The maximum Gasteiger partial charge on any atom is 0.217 e. The van der Waals surface area contributed by atoms with Gasteiger partial charge in [0.2, 0.25) is 17.4 Å². The number of carbonyl (C=O) groups excluding carboxylic acids is 1. The molecule has 4 aromatic rings.